The highest BCUT2D eigenvalue weighted by Gasteiger charge is 2.09. The molecule has 19 heavy (non-hydrogen) atoms. The van der Waals surface area contributed by atoms with Crippen LogP contribution in [-0.2, 0) is 0 Å². The summed E-state index contributed by atoms with van der Waals surface area (Å²) in [5, 5.41) is 5.32. The fourth-order valence-electron chi connectivity index (χ4n) is 1.66. The van der Waals surface area contributed by atoms with E-state index in [4.69, 9.17) is 34.8 Å². The summed E-state index contributed by atoms with van der Waals surface area (Å²) >= 11 is 19.6. The molecular formula is C13H7Cl3N2S. The average molecular weight is 330 g/mol. The zero-order valence-electron chi connectivity index (χ0n) is 9.45. The van der Waals surface area contributed by atoms with Crippen LogP contribution in [0.1, 0.15) is 0 Å². The van der Waals surface area contributed by atoms with Crippen molar-refractivity contribution >= 4 is 67.2 Å². The second-order valence-corrected chi connectivity index (χ2v) is 6.11. The number of anilines is 2. The van der Waals surface area contributed by atoms with Gasteiger partial charge < -0.3 is 5.32 Å². The number of hydrogen-bond acceptors (Lipinski definition) is 3. The number of halogens is 3. The molecule has 0 bridgehead atoms. The van der Waals surface area contributed by atoms with Crippen LogP contribution < -0.4 is 5.32 Å². The van der Waals surface area contributed by atoms with Crippen LogP contribution in [0, 0.1) is 0 Å². The van der Waals surface area contributed by atoms with E-state index < -0.39 is 0 Å². The summed E-state index contributed by atoms with van der Waals surface area (Å²) in [6, 6.07) is 11.2. The van der Waals surface area contributed by atoms with E-state index in [-0.39, 0.29) is 0 Å². The van der Waals surface area contributed by atoms with E-state index in [2.05, 4.69) is 10.3 Å². The summed E-state index contributed by atoms with van der Waals surface area (Å²) in [5.74, 6) is 0. The van der Waals surface area contributed by atoms with Crippen molar-refractivity contribution in [2.45, 2.75) is 0 Å². The molecule has 0 amide bonds. The highest BCUT2D eigenvalue weighted by atomic mass is 35.5. The van der Waals surface area contributed by atoms with Crippen LogP contribution in [0.4, 0.5) is 10.8 Å². The summed E-state index contributed by atoms with van der Waals surface area (Å²) in [6.07, 6.45) is 0. The second-order valence-electron chi connectivity index (χ2n) is 3.86. The van der Waals surface area contributed by atoms with Crippen LogP contribution in [0.2, 0.25) is 15.1 Å². The van der Waals surface area contributed by atoms with Gasteiger partial charge in [-0.3, -0.25) is 0 Å². The lowest BCUT2D eigenvalue weighted by molar-refractivity contribution is 1.44. The Morgan fingerprint density at radius 1 is 0.947 bits per heavy atom. The molecule has 0 radical (unpaired) electrons. The minimum atomic E-state index is 0.432. The molecule has 0 unspecified atom stereocenters. The average Bonchev–Trinajstić information content (AvgIpc) is 2.78. The first-order valence-corrected chi connectivity index (χ1v) is 7.35. The maximum atomic E-state index is 6.12. The Bertz CT molecular complexity index is 722. The van der Waals surface area contributed by atoms with Crippen molar-refractivity contribution < 1.29 is 0 Å². The van der Waals surface area contributed by atoms with E-state index in [1.807, 2.05) is 24.3 Å². The minimum Gasteiger partial charge on any atom is -0.330 e. The number of rotatable bonds is 2. The van der Waals surface area contributed by atoms with E-state index in [0.717, 1.165) is 15.3 Å². The molecule has 2 aromatic carbocycles. The Labute approximate surface area is 128 Å². The zero-order valence-corrected chi connectivity index (χ0v) is 12.5. The van der Waals surface area contributed by atoms with Crippen LogP contribution in [0.15, 0.2) is 36.4 Å². The summed E-state index contributed by atoms with van der Waals surface area (Å²) in [4.78, 5) is 4.47. The molecule has 0 aliphatic heterocycles. The third kappa shape index (κ3) is 2.65. The fourth-order valence-corrected chi connectivity index (χ4v) is 3.13. The molecule has 3 rings (SSSR count). The maximum Gasteiger partial charge on any atom is 0.188 e. The smallest absolute Gasteiger partial charge is 0.188 e. The van der Waals surface area contributed by atoms with Crippen molar-refractivity contribution in [3.8, 4) is 0 Å². The molecule has 1 heterocycles. The van der Waals surface area contributed by atoms with E-state index in [0.29, 0.717) is 20.8 Å². The molecule has 3 aromatic rings. The minimum absolute atomic E-state index is 0.432. The Balaban J connectivity index is 1.98. The Morgan fingerprint density at radius 3 is 2.47 bits per heavy atom. The number of hydrogen-bond donors (Lipinski definition) is 1. The van der Waals surface area contributed by atoms with E-state index in [9.17, 15) is 0 Å². The molecule has 6 heteroatoms. The topological polar surface area (TPSA) is 24.9 Å². The lowest BCUT2D eigenvalue weighted by atomic mass is 10.3. The number of aromatic nitrogens is 1. The Morgan fingerprint density at radius 2 is 1.68 bits per heavy atom. The standard InChI is InChI=1S/C13H7Cl3N2S/c14-7-5-9(16)11(6-8(7)15)18-13-17-10-3-1-2-4-12(10)19-13/h1-6H,(H,17,18). The zero-order chi connectivity index (χ0) is 13.4. The summed E-state index contributed by atoms with van der Waals surface area (Å²) in [7, 11) is 0. The predicted molar refractivity (Wildman–Crippen MR) is 84.4 cm³/mol. The molecule has 0 atom stereocenters. The van der Waals surface area contributed by atoms with Crippen molar-refractivity contribution in [2.75, 3.05) is 5.32 Å². The lowest BCUT2D eigenvalue weighted by Crippen LogP contribution is -1.90. The fraction of sp³-hybridized carbons (Fsp3) is 0. The largest absolute Gasteiger partial charge is 0.330 e. The van der Waals surface area contributed by atoms with Gasteiger partial charge in [-0.05, 0) is 24.3 Å². The molecule has 0 aliphatic rings. The van der Waals surface area contributed by atoms with E-state index in [1.54, 1.807) is 23.5 Å². The van der Waals surface area contributed by atoms with Gasteiger partial charge in [0.1, 0.15) is 0 Å². The van der Waals surface area contributed by atoms with Crippen molar-refractivity contribution in [2.24, 2.45) is 0 Å². The van der Waals surface area contributed by atoms with Gasteiger partial charge in [0.2, 0.25) is 0 Å². The normalized spacial score (nSPS) is 10.9. The van der Waals surface area contributed by atoms with Gasteiger partial charge in [-0.25, -0.2) is 4.98 Å². The van der Waals surface area contributed by atoms with Gasteiger partial charge in [-0.2, -0.15) is 0 Å². The van der Waals surface area contributed by atoms with Crippen LogP contribution in [0.25, 0.3) is 10.2 Å². The quantitative estimate of drug-likeness (QED) is 0.583. The first-order chi connectivity index (χ1) is 9.13. The van der Waals surface area contributed by atoms with Crippen molar-refractivity contribution in [1.29, 1.82) is 0 Å². The van der Waals surface area contributed by atoms with Crippen LogP contribution in [0.3, 0.4) is 0 Å². The van der Waals surface area contributed by atoms with Gasteiger partial charge in [0, 0.05) is 0 Å². The van der Waals surface area contributed by atoms with Crippen molar-refractivity contribution in [1.82, 2.24) is 4.98 Å². The van der Waals surface area contributed by atoms with Gasteiger partial charge >= 0.3 is 0 Å². The highest BCUT2D eigenvalue weighted by Crippen LogP contribution is 2.35. The Kier molecular flexibility index (Phi) is 3.54. The molecule has 0 spiro atoms. The maximum absolute atomic E-state index is 6.12. The number of nitrogens with zero attached hydrogens (tertiary/aromatic N) is 1. The molecule has 96 valence electrons. The van der Waals surface area contributed by atoms with E-state index >= 15 is 0 Å². The third-order valence-corrected chi connectivity index (χ3v) is 4.53. The van der Waals surface area contributed by atoms with Gasteiger partial charge in [-0.1, -0.05) is 58.3 Å². The third-order valence-electron chi connectivity index (χ3n) is 2.55. The lowest BCUT2D eigenvalue weighted by Gasteiger charge is -2.06. The number of benzene rings is 2. The van der Waals surface area contributed by atoms with Gasteiger partial charge in [0.05, 0.1) is 31.0 Å². The molecule has 0 saturated carbocycles. The monoisotopic (exact) mass is 328 g/mol. The molecular weight excluding hydrogens is 323 g/mol. The SMILES string of the molecule is Clc1cc(Cl)c(Nc2nc3ccccc3s2)cc1Cl. The molecule has 0 fully saturated rings. The van der Waals surface area contributed by atoms with Crippen molar-refractivity contribution in [3.05, 3.63) is 51.5 Å². The van der Waals surface area contributed by atoms with Gasteiger partial charge in [0.25, 0.3) is 0 Å². The Hall–Kier alpha value is -1.00. The van der Waals surface area contributed by atoms with E-state index in [1.165, 1.54) is 0 Å². The first-order valence-electron chi connectivity index (χ1n) is 5.40. The second kappa shape index (κ2) is 5.17. The molecule has 1 aromatic heterocycles. The molecule has 0 aliphatic carbocycles. The molecule has 2 nitrogen and oxygen atoms in total. The molecule has 1 N–H and O–H groups in total. The number of fused-ring (bicyclic) bond motifs is 1. The summed E-state index contributed by atoms with van der Waals surface area (Å²) in [6.45, 7) is 0. The van der Waals surface area contributed by atoms with Gasteiger partial charge in [-0.15, -0.1) is 0 Å². The predicted octanol–water partition coefficient (Wildman–Crippen LogP) is 6.00. The summed E-state index contributed by atoms with van der Waals surface area (Å²) in [5.41, 5.74) is 1.64. The van der Waals surface area contributed by atoms with Crippen LogP contribution in [0.5, 0.6) is 0 Å². The number of thiazole rings is 1. The molecule has 0 saturated heterocycles. The number of para-hydroxylation sites is 1. The van der Waals surface area contributed by atoms with Gasteiger partial charge in [0.15, 0.2) is 5.13 Å². The van der Waals surface area contributed by atoms with Crippen LogP contribution >= 0.6 is 46.1 Å². The van der Waals surface area contributed by atoms with Crippen molar-refractivity contribution in [3.63, 3.8) is 0 Å². The number of nitrogens with one attached hydrogen (secondary N) is 1. The van der Waals surface area contributed by atoms with Crippen LogP contribution in [-0.4, -0.2) is 4.98 Å². The summed E-state index contributed by atoms with van der Waals surface area (Å²) < 4.78 is 1.11. The highest BCUT2D eigenvalue weighted by molar-refractivity contribution is 7.22. The first kappa shape index (κ1) is 13.0.